The number of phenols is 1. The van der Waals surface area contributed by atoms with Crippen molar-refractivity contribution in [2.45, 2.75) is 236 Å². The Labute approximate surface area is 698 Å². The highest BCUT2D eigenvalue weighted by Crippen LogP contribution is 2.25. The van der Waals surface area contributed by atoms with E-state index in [1.165, 1.54) is 40.4 Å². The van der Waals surface area contributed by atoms with Gasteiger partial charge in [0, 0.05) is 72.1 Å². The van der Waals surface area contributed by atoms with Crippen LogP contribution in [0.1, 0.15) is 160 Å². The Morgan fingerprint density at radius 3 is 1.58 bits per heavy atom. The molecule has 7 rings (SSSR count). The SMILES string of the molecule is CCCC[C@H](NC(=O)[C@@H]1CCCN1C(=O)[C@H](CCC(N)=O)NC(=O)CNC(=O)[C@@H]1CCCN1C(=O)[C@H](CCCCN)NC(=O)[C@H](CC(C)C)NC(=O)[C@H](CCC(N)=O)NC(=O)[C@H](CC(C)C)NC(=O)[C@H](Cc1c[nH]c2ccccc12)NC(=O)[C@H](Cc1c[nH]cn1)NC(=O)[C@@H](N)Cc1ccc(I)cc1)C(=O)N[C@@H](Cc1ccc(O)cc1)C(=O)O. The molecule has 36 nitrogen and oxygen atoms in total. The summed E-state index contributed by atoms with van der Waals surface area (Å²) in [6.45, 7) is 8.51. The number of hydrogen-bond acceptors (Lipinski definition) is 19. The van der Waals surface area contributed by atoms with Crippen molar-refractivity contribution in [3.63, 3.8) is 0 Å². The third-order valence-electron chi connectivity index (χ3n) is 20.5. The maximum atomic E-state index is 15.0. The molecule has 642 valence electrons. The van der Waals surface area contributed by atoms with Gasteiger partial charge in [0.05, 0.1) is 24.6 Å². The van der Waals surface area contributed by atoms with Gasteiger partial charge in [-0.1, -0.05) is 89.9 Å². The number of halogens is 1. The lowest BCUT2D eigenvalue weighted by Crippen LogP contribution is -2.61. The molecule has 0 aliphatic carbocycles. The molecule has 14 amide bonds. The van der Waals surface area contributed by atoms with Crippen LogP contribution in [0.2, 0.25) is 0 Å². The fourth-order valence-corrected chi connectivity index (χ4v) is 14.6. The third-order valence-corrected chi connectivity index (χ3v) is 21.2. The average Bonchev–Trinajstić information content (AvgIpc) is 1.65. The summed E-state index contributed by atoms with van der Waals surface area (Å²) in [6.07, 6.45) is 5.63. The van der Waals surface area contributed by atoms with E-state index in [0.717, 1.165) is 20.0 Å². The predicted molar refractivity (Wildman–Crippen MR) is 443 cm³/mol. The van der Waals surface area contributed by atoms with Gasteiger partial charge >= 0.3 is 5.97 Å². The van der Waals surface area contributed by atoms with Crippen molar-refractivity contribution in [3.05, 3.63) is 117 Å². The number of aromatic nitrogens is 3. The number of fused-ring (bicyclic) bond motifs is 1. The maximum absolute atomic E-state index is 15.0. The van der Waals surface area contributed by atoms with E-state index >= 15 is 4.79 Å². The predicted octanol–water partition coefficient (Wildman–Crippen LogP) is 0.287. The van der Waals surface area contributed by atoms with Gasteiger partial charge in [-0.25, -0.2) is 9.78 Å². The van der Waals surface area contributed by atoms with Crippen molar-refractivity contribution in [2.24, 2.45) is 34.8 Å². The summed E-state index contributed by atoms with van der Waals surface area (Å²) in [7, 11) is 0. The fraction of sp³-hybridized carbons (Fsp3) is 0.531. The first kappa shape index (κ1) is 94.1. The largest absolute Gasteiger partial charge is 0.508 e. The van der Waals surface area contributed by atoms with Crippen molar-refractivity contribution in [1.82, 2.24) is 77.9 Å². The highest BCUT2D eigenvalue weighted by atomic mass is 127. The summed E-state index contributed by atoms with van der Waals surface area (Å²) in [5.41, 5.74) is 26.5. The molecule has 22 N–H and O–H groups in total. The average molecular weight is 1750 g/mol. The van der Waals surface area contributed by atoms with Crippen LogP contribution in [0.3, 0.4) is 0 Å². The summed E-state index contributed by atoms with van der Waals surface area (Å²) >= 11 is 2.16. The Morgan fingerprint density at radius 2 is 1.02 bits per heavy atom. The number of hydrogen-bond donors (Lipinski definition) is 18. The molecule has 0 radical (unpaired) electrons. The number of benzene rings is 3. The van der Waals surface area contributed by atoms with Gasteiger partial charge in [-0.15, -0.1) is 0 Å². The van der Waals surface area contributed by atoms with E-state index in [-0.39, 0.29) is 121 Å². The van der Waals surface area contributed by atoms with Crippen molar-refractivity contribution >= 4 is 122 Å². The number of carbonyl (C=O) groups is 15. The number of nitrogens with zero attached hydrogens (tertiary/aromatic N) is 3. The van der Waals surface area contributed by atoms with E-state index < -0.39 is 174 Å². The summed E-state index contributed by atoms with van der Waals surface area (Å²) in [5.74, 6) is -13.2. The van der Waals surface area contributed by atoms with Crippen LogP contribution in [-0.4, -0.2) is 222 Å². The molecule has 3 aromatic carbocycles. The van der Waals surface area contributed by atoms with Crippen molar-refractivity contribution in [1.29, 1.82) is 0 Å². The van der Waals surface area contributed by atoms with Gasteiger partial charge in [0.15, 0.2) is 0 Å². The number of carboxylic acid groups (broad SMARTS) is 1. The Bertz CT molecular complexity index is 4280. The first-order chi connectivity index (χ1) is 56.2. The lowest BCUT2D eigenvalue weighted by atomic mass is 9.99. The van der Waals surface area contributed by atoms with Crippen LogP contribution < -0.4 is 76.1 Å². The highest BCUT2D eigenvalue weighted by molar-refractivity contribution is 14.1. The number of rotatable bonds is 48. The van der Waals surface area contributed by atoms with E-state index in [9.17, 15) is 77.3 Å². The monoisotopic (exact) mass is 1750 g/mol. The molecule has 0 bridgehead atoms. The van der Waals surface area contributed by atoms with Crippen molar-refractivity contribution in [2.75, 3.05) is 26.2 Å². The molecule has 37 heteroatoms. The number of phenolic OH excluding ortho intramolecular Hbond substituents is 1. The number of H-pyrrole nitrogens is 2. The minimum absolute atomic E-state index is 0.0148. The summed E-state index contributed by atoms with van der Waals surface area (Å²) in [5, 5.41) is 47.3. The molecule has 0 spiro atoms. The second-order valence-electron chi connectivity index (χ2n) is 30.9. The standard InChI is InChI=1S/C81H114IN19O17/c1-6-7-15-56(71(107)99-64(81(117)118)38-48-22-26-52(102)27-23-48)93-78(114)66-19-13-34-101(66)80(116)59(29-31-68(86)104)91-69(105)43-89-77(113)65-18-12-33-100(65)79(115)58(17-10-11-32-83)94-74(110)61(36-46(4)5)96-72(108)57(28-30-67(85)103)92-73(109)60(35-45(2)3)97-75(111)62(39-49-41-88-55-16-9-8-14-53(49)55)98-76(112)63(40-51-42-87-44-90-51)95-70(106)54(84)37-47-20-24-50(82)25-21-47/h8-9,14,16,20-27,41-42,44-46,54,56-66,88,102H,6-7,10-13,15,17-19,28-40,43,83-84H2,1-5H3,(H2,85,103)(H2,86,104)(H,87,90)(H,89,113)(H,91,105)(H,92,109)(H,93,114)(H,94,110)(H,95,106)(H,96,108)(H,97,111)(H,98,112)(H,99,107)(H,117,118)/t54-,56-,57-,58-,59-,60-,61-,62-,63-,64-,65-,66-/m0/s1. The maximum Gasteiger partial charge on any atom is 0.326 e. The van der Waals surface area contributed by atoms with Gasteiger partial charge < -0.3 is 106 Å². The van der Waals surface area contributed by atoms with E-state index in [0.29, 0.717) is 55.3 Å². The number of aromatic amines is 2. The van der Waals surface area contributed by atoms with Crippen LogP contribution in [0.15, 0.2) is 91.5 Å². The first-order valence-electron chi connectivity index (χ1n) is 40.1. The molecule has 2 aliphatic rings. The fourth-order valence-electron chi connectivity index (χ4n) is 14.2. The zero-order valence-corrected chi connectivity index (χ0v) is 69.4. The zero-order chi connectivity index (χ0) is 86.3. The number of carbonyl (C=O) groups excluding carboxylic acids is 14. The van der Waals surface area contributed by atoms with E-state index in [1.54, 1.807) is 46.2 Å². The molecule has 2 aromatic heterocycles. The number of nitrogens with one attached hydrogen (secondary N) is 12. The Kier molecular flexibility index (Phi) is 37.3. The Balaban J connectivity index is 1.02. The van der Waals surface area contributed by atoms with Crippen molar-refractivity contribution in [3.8, 4) is 5.75 Å². The van der Waals surface area contributed by atoms with Crippen LogP contribution in [0.5, 0.6) is 5.75 Å². The highest BCUT2D eigenvalue weighted by Gasteiger charge is 2.43. The van der Waals surface area contributed by atoms with Gasteiger partial charge in [0.1, 0.15) is 72.2 Å². The minimum atomic E-state index is -1.57. The topological polar surface area (TPSA) is 572 Å². The van der Waals surface area contributed by atoms with Crippen LogP contribution >= 0.6 is 22.6 Å². The molecule has 0 unspecified atom stereocenters. The number of amides is 14. The number of carboxylic acids is 1. The third kappa shape index (κ3) is 29.5. The van der Waals surface area contributed by atoms with E-state index in [1.807, 2.05) is 49.4 Å². The van der Waals surface area contributed by atoms with Crippen LogP contribution in [0, 0.1) is 15.4 Å². The van der Waals surface area contributed by atoms with E-state index in [2.05, 4.69) is 90.7 Å². The molecule has 2 aliphatic heterocycles. The van der Waals surface area contributed by atoms with Gasteiger partial charge in [-0.3, -0.25) is 67.1 Å². The normalized spacial score (nSPS) is 16.5. The number of likely N-dealkylation sites (tertiary alicyclic amines) is 2. The number of nitrogens with two attached hydrogens (primary N) is 4. The molecule has 4 heterocycles. The number of primary amides is 2. The Hall–Kier alpha value is -11.1. The number of aromatic hydroxyl groups is 1. The summed E-state index contributed by atoms with van der Waals surface area (Å²) in [4.78, 5) is 223. The molecular formula is C81H114IN19O17. The number of imidazole rings is 1. The molecule has 118 heavy (non-hydrogen) atoms. The summed E-state index contributed by atoms with van der Waals surface area (Å²) in [6, 6.07) is 4.52. The van der Waals surface area contributed by atoms with E-state index in [4.69, 9.17) is 22.9 Å². The zero-order valence-electron chi connectivity index (χ0n) is 67.3. The summed E-state index contributed by atoms with van der Waals surface area (Å²) < 4.78 is 0.977. The van der Waals surface area contributed by atoms with Gasteiger partial charge in [0.25, 0.3) is 0 Å². The van der Waals surface area contributed by atoms with Gasteiger partial charge in [-0.2, -0.15) is 0 Å². The van der Waals surface area contributed by atoms with Gasteiger partial charge in [0.2, 0.25) is 82.7 Å². The minimum Gasteiger partial charge on any atom is -0.508 e. The molecule has 0 saturated carbocycles. The Morgan fingerprint density at radius 1 is 0.534 bits per heavy atom. The second kappa shape index (κ2) is 46.7. The second-order valence-corrected chi connectivity index (χ2v) is 32.1. The smallest absolute Gasteiger partial charge is 0.326 e. The molecule has 2 saturated heterocycles. The van der Waals surface area contributed by atoms with Crippen LogP contribution in [0.25, 0.3) is 10.9 Å². The lowest BCUT2D eigenvalue weighted by Gasteiger charge is -2.31. The number of aliphatic carboxylic acids is 1. The van der Waals surface area contributed by atoms with Crippen LogP contribution in [0.4, 0.5) is 0 Å². The van der Waals surface area contributed by atoms with Crippen LogP contribution in [-0.2, 0) is 97.6 Å². The lowest BCUT2D eigenvalue weighted by molar-refractivity contribution is -0.144. The molecule has 5 aromatic rings. The molecular weight excluding hydrogens is 1640 g/mol. The van der Waals surface area contributed by atoms with Gasteiger partial charge in [-0.05, 0) is 171 Å². The molecule has 2 fully saturated rings. The first-order valence-corrected chi connectivity index (χ1v) is 41.2. The molecule has 12 atom stereocenters. The quantitative estimate of drug-likeness (QED) is 0.0184. The van der Waals surface area contributed by atoms with Crippen molar-refractivity contribution < 1.29 is 82.1 Å². The number of unbranched alkanes of at least 4 members (excludes halogenated alkanes) is 2. The number of para-hydroxylation sites is 1.